The summed E-state index contributed by atoms with van der Waals surface area (Å²) in [6.07, 6.45) is 8.24. The number of aromatic nitrogens is 2. The number of Topliss-reactive ketones (excluding diaryl/α,β-unsaturated/α-hetero) is 4. The van der Waals surface area contributed by atoms with E-state index in [1.165, 1.54) is 22.7 Å². The summed E-state index contributed by atoms with van der Waals surface area (Å²) < 4.78 is 9.14. The molecule has 4 aliphatic rings. The van der Waals surface area contributed by atoms with Gasteiger partial charge >= 0.3 is 0 Å². The van der Waals surface area contributed by atoms with E-state index < -0.39 is 5.60 Å². The molecule has 4 aromatic heterocycles. The van der Waals surface area contributed by atoms with E-state index in [1.54, 1.807) is 34.8 Å². The molecule has 5 heterocycles. The first-order valence-electron chi connectivity index (χ1n) is 18.1. The van der Waals surface area contributed by atoms with Crippen molar-refractivity contribution in [1.29, 1.82) is 0 Å². The molecule has 0 N–H and O–H groups in total. The van der Waals surface area contributed by atoms with E-state index in [2.05, 4.69) is 0 Å². The zero-order valence-electron chi connectivity index (χ0n) is 28.7. The van der Waals surface area contributed by atoms with Gasteiger partial charge in [0.05, 0.1) is 25.6 Å². The molecular weight excluding hydrogens is 765 g/mol. The lowest BCUT2D eigenvalue weighted by atomic mass is 9.78. The third-order valence-corrected chi connectivity index (χ3v) is 16.0. The lowest BCUT2D eigenvalue weighted by Gasteiger charge is -2.40. The van der Waals surface area contributed by atoms with Crippen molar-refractivity contribution in [2.45, 2.75) is 37.7 Å². The summed E-state index contributed by atoms with van der Waals surface area (Å²) in [5.41, 5.74) is 2.67. The SMILES string of the molecule is O=C1C(=Cc2nc3sc4c(c3s2)OC2(CCCCC2)c2c-4sc3nc(C=C4C(=O)c5cc6ccccc6cc5C4=O)sc23)C(=O)c2cc3ccccc3cc21. The Hall–Kier alpha value is -5.46. The van der Waals surface area contributed by atoms with E-state index in [1.807, 2.05) is 72.8 Å². The van der Waals surface area contributed by atoms with Crippen LogP contribution in [0.3, 0.4) is 0 Å². The summed E-state index contributed by atoms with van der Waals surface area (Å²) in [5.74, 6) is -0.240. The number of carbonyl (C=O) groups is 4. The third kappa shape index (κ3) is 4.46. The third-order valence-electron chi connectivity index (χ3n) is 11.4. The summed E-state index contributed by atoms with van der Waals surface area (Å²) in [5, 5.41) is 4.94. The van der Waals surface area contributed by atoms with Gasteiger partial charge in [-0.3, -0.25) is 19.2 Å². The van der Waals surface area contributed by atoms with Gasteiger partial charge in [0, 0.05) is 27.8 Å². The lowest BCUT2D eigenvalue weighted by Crippen LogP contribution is -2.37. The van der Waals surface area contributed by atoms with Gasteiger partial charge in [0.25, 0.3) is 0 Å². The van der Waals surface area contributed by atoms with Crippen molar-refractivity contribution in [3.63, 3.8) is 0 Å². The number of nitrogens with zero attached hydrogens (tertiary/aromatic N) is 2. The number of hydrogen-bond acceptors (Lipinski definition) is 11. The van der Waals surface area contributed by atoms with E-state index in [-0.39, 0.29) is 34.3 Å². The highest BCUT2D eigenvalue weighted by Crippen LogP contribution is 2.62. The van der Waals surface area contributed by atoms with Crippen LogP contribution in [0.15, 0.2) is 83.9 Å². The predicted octanol–water partition coefficient (Wildman–Crippen LogP) is 11.5. The molecule has 0 radical (unpaired) electrons. The fourth-order valence-electron chi connectivity index (χ4n) is 8.77. The highest BCUT2D eigenvalue weighted by Gasteiger charge is 2.47. The van der Waals surface area contributed by atoms with Gasteiger partial charge < -0.3 is 4.74 Å². The molecule has 55 heavy (non-hydrogen) atoms. The first kappa shape index (κ1) is 31.8. The van der Waals surface area contributed by atoms with Crippen LogP contribution in [0.4, 0.5) is 0 Å². The van der Waals surface area contributed by atoms with E-state index >= 15 is 0 Å². The minimum atomic E-state index is -0.539. The van der Waals surface area contributed by atoms with Gasteiger partial charge in [0.2, 0.25) is 0 Å². The first-order valence-corrected chi connectivity index (χ1v) is 21.3. The molecule has 1 saturated carbocycles. The number of thiazole rings is 2. The van der Waals surface area contributed by atoms with Crippen molar-refractivity contribution in [3.05, 3.63) is 122 Å². The monoisotopic (exact) mass is 788 g/mol. The number of carbonyl (C=O) groups excluding carboxylic acids is 4. The predicted molar refractivity (Wildman–Crippen MR) is 221 cm³/mol. The fraction of sp³-hybridized carbons (Fsp3) is 0.136. The largest absolute Gasteiger partial charge is 0.479 e. The van der Waals surface area contributed by atoms with Crippen LogP contribution < -0.4 is 4.74 Å². The summed E-state index contributed by atoms with van der Waals surface area (Å²) in [6.45, 7) is 0. The molecular formula is C44H24N2O5S4. The van der Waals surface area contributed by atoms with Crippen molar-refractivity contribution in [2.24, 2.45) is 0 Å². The minimum absolute atomic E-state index is 0.140. The van der Waals surface area contributed by atoms with Gasteiger partial charge in [0.1, 0.15) is 30.0 Å². The molecule has 0 bridgehead atoms. The van der Waals surface area contributed by atoms with Gasteiger partial charge in [-0.1, -0.05) is 55.0 Å². The molecule has 12 rings (SSSR count). The molecule has 8 aromatic rings. The summed E-state index contributed by atoms with van der Waals surface area (Å²) in [4.78, 5) is 67.9. The highest BCUT2D eigenvalue weighted by molar-refractivity contribution is 7.34. The van der Waals surface area contributed by atoms with Gasteiger partial charge in [-0.15, -0.1) is 45.3 Å². The molecule has 1 aliphatic heterocycles. The molecule has 1 spiro atoms. The molecule has 11 heteroatoms. The number of hydrogen-bond donors (Lipinski definition) is 0. The molecule has 1 fully saturated rings. The second-order valence-corrected chi connectivity index (χ2v) is 18.6. The Morgan fingerprint density at radius 3 is 1.47 bits per heavy atom. The number of thiophene rings is 2. The second-order valence-electron chi connectivity index (χ2n) is 14.5. The highest BCUT2D eigenvalue weighted by atomic mass is 32.1. The number of rotatable bonds is 2. The van der Waals surface area contributed by atoms with Gasteiger partial charge in [0.15, 0.2) is 28.9 Å². The average molecular weight is 789 g/mol. The Balaban J connectivity index is 0.932. The molecule has 4 aromatic carbocycles. The minimum Gasteiger partial charge on any atom is -0.479 e. The molecule has 0 amide bonds. The molecule has 264 valence electrons. The van der Waals surface area contributed by atoms with E-state index in [9.17, 15) is 19.2 Å². The van der Waals surface area contributed by atoms with Crippen LogP contribution in [0, 0.1) is 0 Å². The van der Waals surface area contributed by atoms with Crippen LogP contribution in [-0.2, 0) is 5.60 Å². The van der Waals surface area contributed by atoms with Crippen LogP contribution in [0.2, 0.25) is 0 Å². The maximum atomic E-state index is 13.6. The zero-order valence-corrected chi connectivity index (χ0v) is 32.0. The van der Waals surface area contributed by atoms with Gasteiger partial charge in [-0.05, 0) is 83.6 Å². The molecule has 0 saturated heterocycles. The fourth-order valence-corrected chi connectivity index (χ4v) is 13.8. The smallest absolute Gasteiger partial charge is 0.197 e. The number of ether oxygens (including phenoxy) is 1. The van der Waals surface area contributed by atoms with Gasteiger partial charge in [-0.25, -0.2) is 9.97 Å². The Morgan fingerprint density at radius 2 is 0.982 bits per heavy atom. The number of ketones is 4. The Morgan fingerprint density at radius 1 is 0.545 bits per heavy atom. The molecule has 3 aliphatic carbocycles. The number of fused-ring (bicyclic) bond motifs is 12. The van der Waals surface area contributed by atoms with Crippen LogP contribution in [0.1, 0.15) is 89.1 Å². The van der Waals surface area contributed by atoms with Crippen molar-refractivity contribution in [1.82, 2.24) is 9.97 Å². The lowest BCUT2D eigenvalue weighted by molar-refractivity contribution is 0.0282. The van der Waals surface area contributed by atoms with E-state index in [4.69, 9.17) is 14.7 Å². The summed E-state index contributed by atoms with van der Waals surface area (Å²) >= 11 is 6.16. The second kappa shape index (κ2) is 11.3. The molecule has 0 unspecified atom stereocenters. The summed E-state index contributed by atoms with van der Waals surface area (Å²) in [7, 11) is 0. The van der Waals surface area contributed by atoms with E-state index in [0.717, 1.165) is 93.8 Å². The average Bonchev–Trinajstić information content (AvgIpc) is 4.03. The quantitative estimate of drug-likeness (QED) is 0.127. The van der Waals surface area contributed by atoms with Crippen molar-refractivity contribution in [3.8, 4) is 15.5 Å². The Kier molecular flexibility index (Phi) is 6.54. The van der Waals surface area contributed by atoms with Gasteiger partial charge in [-0.2, -0.15) is 0 Å². The standard InChI is InChI=1S/C44H24N2O5S4/c47-33-24-14-20-8-2-3-9-21(20)15-25(24)34(48)28(33)18-30-45-42-39(52-30)32-38(54-42)40-37(51-44(32)12-6-1-7-13-44)41-43(55-40)46-31(53-41)19-29-35(49)26-16-22-10-4-5-11-23(22)17-27(26)36(29)50/h2-5,8-11,14-19H,1,6-7,12-13H2. The van der Waals surface area contributed by atoms with Crippen LogP contribution in [0.25, 0.3) is 62.5 Å². The van der Waals surface area contributed by atoms with Crippen molar-refractivity contribution >= 4 is 121 Å². The summed E-state index contributed by atoms with van der Waals surface area (Å²) in [6, 6.07) is 22.8. The Labute approximate surface area is 328 Å². The maximum Gasteiger partial charge on any atom is 0.197 e. The first-order chi connectivity index (χ1) is 26.8. The number of allylic oxidation sites excluding steroid dienone is 2. The van der Waals surface area contributed by atoms with Crippen LogP contribution in [-0.4, -0.2) is 33.1 Å². The Bertz CT molecular complexity index is 3090. The van der Waals surface area contributed by atoms with Crippen LogP contribution in [0.5, 0.6) is 5.75 Å². The maximum absolute atomic E-state index is 13.6. The van der Waals surface area contributed by atoms with Crippen LogP contribution >= 0.6 is 45.3 Å². The normalized spacial score (nSPS) is 17.1. The molecule has 0 atom stereocenters. The van der Waals surface area contributed by atoms with Crippen molar-refractivity contribution in [2.75, 3.05) is 0 Å². The zero-order chi connectivity index (χ0) is 36.7. The topological polar surface area (TPSA) is 103 Å². The van der Waals surface area contributed by atoms with E-state index in [0.29, 0.717) is 32.3 Å². The number of benzene rings is 4. The molecule has 7 nitrogen and oxygen atoms in total. The van der Waals surface area contributed by atoms with Crippen molar-refractivity contribution < 1.29 is 23.9 Å².